The molecule has 6 nitrogen and oxygen atoms in total. The Morgan fingerprint density at radius 2 is 2.10 bits per heavy atom. The fraction of sp³-hybridized carbons (Fsp3) is 0. The number of hydrogen-bond acceptors (Lipinski definition) is 4. The molecule has 2 aromatic heterocycles. The van der Waals surface area contributed by atoms with Gasteiger partial charge in [0.1, 0.15) is 17.3 Å². The van der Waals surface area contributed by atoms with E-state index in [1.165, 1.54) is 18.3 Å². The maximum Gasteiger partial charge on any atom is 0.271 e. The smallest absolute Gasteiger partial charge is 0.271 e. The highest BCUT2D eigenvalue weighted by Crippen LogP contribution is 2.31. The van der Waals surface area contributed by atoms with Crippen LogP contribution in [0.5, 0.6) is 0 Å². The van der Waals surface area contributed by atoms with Crippen LogP contribution in [-0.2, 0) is 0 Å². The second-order valence-corrected chi connectivity index (χ2v) is 4.00. The number of halogens is 2. The Kier molecular flexibility index (Phi) is 2.63. The van der Waals surface area contributed by atoms with Crippen molar-refractivity contribution in [1.82, 2.24) is 20.4 Å². The molecule has 100 valence electrons. The molecule has 0 aliphatic carbocycles. The highest BCUT2D eigenvalue weighted by Gasteiger charge is 2.23. The van der Waals surface area contributed by atoms with Gasteiger partial charge in [-0.15, -0.1) is 0 Å². The first-order valence-corrected chi connectivity index (χ1v) is 5.53. The molecule has 1 amide bonds. The van der Waals surface area contributed by atoms with Crippen molar-refractivity contribution < 1.29 is 13.6 Å². The number of fused-ring (bicyclic) bond motifs is 1. The quantitative estimate of drug-likeness (QED) is 0.738. The van der Waals surface area contributed by atoms with Crippen LogP contribution in [0.4, 0.5) is 8.78 Å². The van der Waals surface area contributed by atoms with E-state index in [0.717, 1.165) is 6.07 Å². The standard InChI is InChI=1S/C12H7F2N5O/c13-6-4-7-5(2-1-3-16-7)9(14)8(6)10-11(12(15)20)18-19-17-10/h1-4H,(H2,15,20)(H,17,18,19). The highest BCUT2D eigenvalue weighted by molar-refractivity contribution is 5.98. The van der Waals surface area contributed by atoms with Gasteiger partial charge in [0.25, 0.3) is 5.91 Å². The Balaban J connectivity index is 2.36. The van der Waals surface area contributed by atoms with E-state index in [9.17, 15) is 13.6 Å². The molecule has 0 aliphatic rings. The number of nitrogens with zero attached hydrogens (tertiary/aromatic N) is 3. The lowest BCUT2D eigenvalue weighted by Gasteiger charge is -2.06. The third-order valence-corrected chi connectivity index (χ3v) is 2.81. The summed E-state index contributed by atoms with van der Waals surface area (Å²) in [6.07, 6.45) is 1.42. The number of primary amides is 1. The first-order valence-electron chi connectivity index (χ1n) is 5.53. The van der Waals surface area contributed by atoms with Crippen molar-refractivity contribution in [2.75, 3.05) is 0 Å². The molecule has 8 heteroatoms. The average molecular weight is 275 g/mol. The Morgan fingerprint density at radius 1 is 1.30 bits per heavy atom. The van der Waals surface area contributed by atoms with E-state index in [-0.39, 0.29) is 22.3 Å². The number of carbonyl (C=O) groups excluding carboxylic acids is 1. The average Bonchev–Trinajstić information content (AvgIpc) is 2.88. The molecule has 0 aliphatic heterocycles. The topological polar surface area (TPSA) is 97.6 Å². The molecule has 3 aromatic rings. The number of amides is 1. The van der Waals surface area contributed by atoms with Crippen molar-refractivity contribution in [3.63, 3.8) is 0 Å². The number of nitrogens with one attached hydrogen (secondary N) is 1. The van der Waals surface area contributed by atoms with Gasteiger partial charge in [-0.05, 0) is 12.1 Å². The lowest BCUT2D eigenvalue weighted by atomic mass is 10.0. The van der Waals surface area contributed by atoms with Crippen LogP contribution in [0, 0.1) is 11.6 Å². The monoisotopic (exact) mass is 275 g/mol. The summed E-state index contributed by atoms with van der Waals surface area (Å²) >= 11 is 0. The number of hydrogen-bond donors (Lipinski definition) is 2. The molecular formula is C12H7F2N5O. The van der Waals surface area contributed by atoms with Gasteiger partial charge in [0.05, 0.1) is 11.1 Å². The van der Waals surface area contributed by atoms with Gasteiger partial charge < -0.3 is 5.73 Å². The minimum absolute atomic E-state index is 0.113. The predicted octanol–water partition coefficient (Wildman–Crippen LogP) is 1.40. The Hall–Kier alpha value is -2.90. The first-order chi connectivity index (χ1) is 9.59. The van der Waals surface area contributed by atoms with E-state index < -0.39 is 23.1 Å². The molecule has 20 heavy (non-hydrogen) atoms. The minimum atomic E-state index is -0.932. The SMILES string of the molecule is NC(=O)c1n[nH]nc1-c1c(F)cc2ncccc2c1F. The zero-order valence-corrected chi connectivity index (χ0v) is 9.89. The zero-order valence-electron chi connectivity index (χ0n) is 9.89. The lowest BCUT2D eigenvalue weighted by molar-refractivity contribution is 0.0996. The molecule has 2 heterocycles. The number of benzene rings is 1. The van der Waals surface area contributed by atoms with Gasteiger partial charge in [0.15, 0.2) is 5.69 Å². The molecule has 0 unspecified atom stereocenters. The predicted molar refractivity (Wildman–Crippen MR) is 65.6 cm³/mol. The van der Waals surface area contributed by atoms with Gasteiger partial charge in [-0.25, -0.2) is 8.78 Å². The molecule has 0 atom stereocenters. The molecule has 0 saturated carbocycles. The van der Waals surface area contributed by atoms with Crippen LogP contribution < -0.4 is 5.73 Å². The molecular weight excluding hydrogens is 268 g/mol. The summed E-state index contributed by atoms with van der Waals surface area (Å²) in [5, 5.41) is 9.34. The molecule has 0 fully saturated rings. The number of rotatable bonds is 2. The number of pyridine rings is 1. The normalized spacial score (nSPS) is 10.9. The molecule has 0 saturated heterocycles. The Morgan fingerprint density at radius 3 is 2.85 bits per heavy atom. The first kappa shape index (κ1) is 12.2. The third-order valence-electron chi connectivity index (χ3n) is 2.81. The van der Waals surface area contributed by atoms with Crippen molar-refractivity contribution in [1.29, 1.82) is 0 Å². The number of H-pyrrole nitrogens is 1. The van der Waals surface area contributed by atoms with Crippen LogP contribution in [-0.4, -0.2) is 26.3 Å². The second-order valence-electron chi connectivity index (χ2n) is 4.00. The van der Waals surface area contributed by atoms with Crippen molar-refractivity contribution in [2.24, 2.45) is 5.73 Å². The molecule has 1 aromatic carbocycles. The summed E-state index contributed by atoms with van der Waals surface area (Å²) in [6, 6.07) is 4.03. The zero-order chi connectivity index (χ0) is 14.3. The van der Waals surface area contributed by atoms with Crippen LogP contribution in [0.25, 0.3) is 22.2 Å². The third kappa shape index (κ3) is 1.69. The van der Waals surface area contributed by atoms with Gasteiger partial charge in [-0.1, -0.05) is 0 Å². The summed E-state index contributed by atoms with van der Waals surface area (Å²) in [5.74, 6) is -2.70. The number of aromatic amines is 1. The van der Waals surface area contributed by atoms with Crippen LogP contribution in [0.3, 0.4) is 0 Å². The minimum Gasteiger partial charge on any atom is -0.364 e. The summed E-state index contributed by atoms with van der Waals surface area (Å²) in [4.78, 5) is 15.1. The van der Waals surface area contributed by atoms with Gasteiger partial charge in [-0.2, -0.15) is 15.4 Å². The van der Waals surface area contributed by atoms with E-state index in [0.29, 0.717) is 0 Å². The molecule has 0 radical (unpaired) electrons. The van der Waals surface area contributed by atoms with Crippen LogP contribution in [0.15, 0.2) is 24.4 Å². The maximum atomic E-state index is 14.4. The molecule has 3 rings (SSSR count). The number of nitrogens with two attached hydrogens (primary N) is 1. The second kappa shape index (κ2) is 4.34. The molecule has 0 bridgehead atoms. The van der Waals surface area contributed by atoms with Gasteiger partial charge >= 0.3 is 0 Å². The largest absolute Gasteiger partial charge is 0.364 e. The summed E-state index contributed by atoms with van der Waals surface area (Å²) in [6.45, 7) is 0. The fourth-order valence-corrected chi connectivity index (χ4v) is 1.94. The van der Waals surface area contributed by atoms with Gasteiger partial charge in [-0.3, -0.25) is 9.78 Å². The Labute approximate surface area is 110 Å². The summed E-state index contributed by atoms with van der Waals surface area (Å²) < 4.78 is 28.5. The fourth-order valence-electron chi connectivity index (χ4n) is 1.94. The summed E-state index contributed by atoms with van der Waals surface area (Å²) in [5.41, 5.74) is 4.19. The van der Waals surface area contributed by atoms with Crippen molar-refractivity contribution in [3.8, 4) is 11.3 Å². The maximum absolute atomic E-state index is 14.4. The van der Waals surface area contributed by atoms with Crippen LogP contribution >= 0.6 is 0 Å². The number of aromatic nitrogens is 4. The van der Waals surface area contributed by atoms with Crippen molar-refractivity contribution in [2.45, 2.75) is 0 Å². The van der Waals surface area contributed by atoms with Crippen molar-refractivity contribution >= 4 is 16.8 Å². The highest BCUT2D eigenvalue weighted by atomic mass is 19.1. The van der Waals surface area contributed by atoms with Crippen LogP contribution in [0.1, 0.15) is 10.5 Å². The molecule has 3 N–H and O–H groups in total. The van der Waals surface area contributed by atoms with Gasteiger partial charge in [0, 0.05) is 17.6 Å². The molecule has 0 spiro atoms. The summed E-state index contributed by atoms with van der Waals surface area (Å²) in [7, 11) is 0. The van der Waals surface area contributed by atoms with Crippen molar-refractivity contribution in [3.05, 3.63) is 41.7 Å². The van der Waals surface area contributed by atoms with E-state index in [2.05, 4.69) is 20.4 Å². The van der Waals surface area contributed by atoms with E-state index in [1.807, 2.05) is 0 Å². The lowest BCUT2D eigenvalue weighted by Crippen LogP contribution is -2.13. The van der Waals surface area contributed by atoms with E-state index in [1.54, 1.807) is 0 Å². The van der Waals surface area contributed by atoms with Gasteiger partial charge in [0.2, 0.25) is 0 Å². The van der Waals surface area contributed by atoms with Crippen LogP contribution in [0.2, 0.25) is 0 Å². The number of carbonyl (C=O) groups is 1. The Bertz CT molecular complexity index is 830. The van der Waals surface area contributed by atoms with E-state index in [4.69, 9.17) is 5.73 Å². The van der Waals surface area contributed by atoms with E-state index >= 15 is 0 Å².